The standard InChI is InChI=1S/C12H17NO4/c1-3-17-12(15)8-13-7-9-6-10(16-2)4-5-11(9)14/h4-6,13-14H,3,7-8H2,1-2H3. The molecule has 0 bridgehead atoms. The SMILES string of the molecule is CCOC(=O)CNCc1cc(OC)ccc1O. The van der Waals surface area contributed by atoms with Gasteiger partial charge in [0.1, 0.15) is 11.5 Å². The van der Waals surface area contributed by atoms with E-state index in [2.05, 4.69) is 5.32 Å². The van der Waals surface area contributed by atoms with Gasteiger partial charge in [-0.15, -0.1) is 0 Å². The van der Waals surface area contributed by atoms with Gasteiger partial charge in [0.2, 0.25) is 0 Å². The molecule has 0 aliphatic heterocycles. The fourth-order valence-corrected chi connectivity index (χ4v) is 1.34. The van der Waals surface area contributed by atoms with E-state index in [0.29, 0.717) is 24.5 Å². The van der Waals surface area contributed by atoms with Crippen molar-refractivity contribution < 1.29 is 19.4 Å². The molecule has 5 heteroatoms. The average Bonchev–Trinajstić information content (AvgIpc) is 2.32. The maximum Gasteiger partial charge on any atom is 0.319 e. The number of phenols is 1. The molecule has 0 aliphatic rings. The van der Waals surface area contributed by atoms with Crippen LogP contribution in [0.15, 0.2) is 18.2 Å². The third kappa shape index (κ3) is 4.32. The quantitative estimate of drug-likeness (QED) is 0.726. The minimum atomic E-state index is -0.310. The lowest BCUT2D eigenvalue weighted by Crippen LogP contribution is -2.24. The molecular formula is C12H17NO4. The number of methoxy groups -OCH3 is 1. The highest BCUT2D eigenvalue weighted by Crippen LogP contribution is 2.22. The number of phenolic OH excluding ortho intramolecular Hbond substituents is 1. The minimum absolute atomic E-state index is 0.116. The minimum Gasteiger partial charge on any atom is -0.508 e. The first-order chi connectivity index (χ1) is 8.17. The molecule has 0 saturated carbocycles. The number of aromatic hydroxyl groups is 1. The van der Waals surface area contributed by atoms with Gasteiger partial charge in [0.15, 0.2) is 0 Å². The summed E-state index contributed by atoms with van der Waals surface area (Å²) in [5, 5.41) is 12.5. The highest BCUT2D eigenvalue weighted by Gasteiger charge is 2.05. The van der Waals surface area contributed by atoms with Crippen molar-refractivity contribution in [3.63, 3.8) is 0 Å². The molecule has 0 atom stereocenters. The summed E-state index contributed by atoms with van der Waals surface area (Å²) in [6.07, 6.45) is 0. The number of hydrogen-bond donors (Lipinski definition) is 2. The Morgan fingerprint density at radius 1 is 1.47 bits per heavy atom. The summed E-state index contributed by atoms with van der Waals surface area (Å²) in [7, 11) is 1.56. The normalized spacial score (nSPS) is 10.0. The summed E-state index contributed by atoms with van der Waals surface area (Å²) < 4.78 is 9.81. The van der Waals surface area contributed by atoms with Crippen LogP contribution in [0, 0.1) is 0 Å². The maximum atomic E-state index is 11.1. The van der Waals surface area contributed by atoms with E-state index in [1.54, 1.807) is 32.2 Å². The molecule has 2 N–H and O–H groups in total. The van der Waals surface area contributed by atoms with Crippen molar-refractivity contribution in [3.05, 3.63) is 23.8 Å². The topological polar surface area (TPSA) is 67.8 Å². The van der Waals surface area contributed by atoms with Gasteiger partial charge in [-0.2, -0.15) is 0 Å². The third-order valence-corrected chi connectivity index (χ3v) is 2.18. The molecule has 1 aromatic rings. The lowest BCUT2D eigenvalue weighted by molar-refractivity contribution is -0.142. The molecule has 0 radical (unpaired) electrons. The van der Waals surface area contributed by atoms with Crippen molar-refractivity contribution >= 4 is 5.97 Å². The van der Waals surface area contributed by atoms with Gasteiger partial charge >= 0.3 is 5.97 Å². The molecule has 5 nitrogen and oxygen atoms in total. The number of hydrogen-bond acceptors (Lipinski definition) is 5. The van der Waals surface area contributed by atoms with Crippen molar-refractivity contribution in [2.75, 3.05) is 20.3 Å². The van der Waals surface area contributed by atoms with Crippen molar-refractivity contribution in [3.8, 4) is 11.5 Å². The van der Waals surface area contributed by atoms with Gasteiger partial charge < -0.3 is 19.9 Å². The Morgan fingerprint density at radius 3 is 2.88 bits per heavy atom. The molecule has 1 aromatic carbocycles. The average molecular weight is 239 g/mol. The first-order valence-corrected chi connectivity index (χ1v) is 5.39. The fourth-order valence-electron chi connectivity index (χ4n) is 1.34. The van der Waals surface area contributed by atoms with Crippen LogP contribution in [0.2, 0.25) is 0 Å². The Kier molecular flexibility index (Phi) is 5.29. The second kappa shape index (κ2) is 6.75. The molecule has 0 spiro atoms. The van der Waals surface area contributed by atoms with Gasteiger partial charge in [-0.1, -0.05) is 0 Å². The summed E-state index contributed by atoms with van der Waals surface area (Å²) in [6.45, 7) is 2.61. The Labute approximate surface area is 100 Å². The summed E-state index contributed by atoms with van der Waals surface area (Å²) in [6, 6.07) is 4.94. The fraction of sp³-hybridized carbons (Fsp3) is 0.417. The van der Waals surface area contributed by atoms with Crippen LogP contribution < -0.4 is 10.1 Å². The Balaban J connectivity index is 2.48. The van der Waals surface area contributed by atoms with Crippen LogP contribution in [0.5, 0.6) is 11.5 Å². The highest BCUT2D eigenvalue weighted by molar-refractivity contribution is 5.71. The lowest BCUT2D eigenvalue weighted by atomic mass is 10.2. The molecule has 0 aliphatic carbocycles. The zero-order valence-corrected chi connectivity index (χ0v) is 10.0. The molecule has 0 heterocycles. The van der Waals surface area contributed by atoms with Gasteiger partial charge in [0.05, 0.1) is 20.3 Å². The first-order valence-electron chi connectivity index (χ1n) is 5.39. The lowest BCUT2D eigenvalue weighted by Gasteiger charge is -2.08. The first kappa shape index (κ1) is 13.3. The number of carbonyl (C=O) groups is 1. The van der Waals surface area contributed by atoms with Gasteiger partial charge in [0, 0.05) is 12.1 Å². The van der Waals surface area contributed by atoms with Crippen LogP contribution in [0.1, 0.15) is 12.5 Å². The number of nitrogens with one attached hydrogen (secondary N) is 1. The zero-order chi connectivity index (χ0) is 12.7. The van der Waals surface area contributed by atoms with Crippen molar-refractivity contribution in [1.29, 1.82) is 0 Å². The predicted octanol–water partition coefficient (Wildman–Crippen LogP) is 1.05. The van der Waals surface area contributed by atoms with Crippen molar-refractivity contribution in [2.45, 2.75) is 13.5 Å². The van der Waals surface area contributed by atoms with Crippen LogP contribution in [0.4, 0.5) is 0 Å². The number of rotatable bonds is 6. The van der Waals surface area contributed by atoms with E-state index in [9.17, 15) is 9.90 Å². The summed E-state index contributed by atoms with van der Waals surface area (Å²) in [4.78, 5) is 11.1. The van der Waals surface area contributed by atoms with E-state index in [4.69, 9.17) is 9.47 Å². The Bertz CT molecular complexity index is 379. The molecule has 0 saturated heterocycles. The van der Waals surface area contributed by atoms with E-state index >= 15 is 0 Å². The van der Waals surface area contributed by atoms with Gasteiger partial charge in [-0.3, -0.25) is 4.79 Å². The van der Waals surface area contributed by atoms with Gasteiger partial charge in [-0.05, 0) is 25.1 Å². The monoisotopic (exact) mass is 239 g/mol. The molecule has 17 heavy (non-hydrogen) atoms. The molecule has 94 valence electrons. The molecular weight excluding hydrogens is 222 g/mol. The van der Waals surface area contributed by atoms with E-state index in [1.807, 2.05) is 0 Å². The van der Waals surface area contributed by atoms with Crippen LogP contribution in [0.25, 0.3) is 0 Å². The summed E-state index contributed by atoms with van der Waals surface area (Å²) >= 11 is 0. The molecule has 1 rings (SSSR count). The predicted molar refractivity (Wildman–Crippen MR) is 63.0 cm³/mol. The Hall–Kier alpha value is -1.75. The largest absolute Gasteiger partial charge is 0.508 e. The second-order valence-corrected chi connectivity index (χ2v) is 3.40. The third-order valence-electron chi connectivity index (χ3n) is 2.18. The number of carbonyl (C=O) groups excluding carboxylic acids is 1. The summed E-state index contributed by atoms with van der Waals surface area (Å²) in [5.41, 5.74) is 0.675. The number of ether oxygens (including phenoxy) is 2. The molecule has 0 unspecified atom stereocenters. The second-order valence-electron chi connectivity index (χ2n) is 3.40. The van der Waals surface area contributed by atoms with Gasteiger partial charge in [0.25, 0.3) is 0 Å². The number of benzene rings is 1. The van der Waals surface area contributed by atoms with Gasteiger partial charge in [-0.25, -0.2) is 0 Å². The number of esters is 1. The smallest absolute Gasteiger partial charge is 0.319 e. The molecule has 0 fully saturated rings. The molecule has 0 amide bonds. The van der Waals surface area contributed by atoms with Crippen LogP contribution in [-0.2, 0) is 16.1 Å². The van der Waals surface area contributed by atoms with Crippen molar-refractivity contribution in [1.82, 2.24) is 5.32 Å². The van der Waals surface area contributed by atoms with E-state index in [0.717, 1.165) is 0 Å². The summed E-state index contributed by atoms with van der Waals surface area (Å²) in [5.74, 6) is 0.521. The van der Waals surface area contributed by atoms with Crippen molar-refractivity contribution in [2.24, 2.45) is 0 Å². The Morgan fingerprint density at radius 2 is 2.24 bits per heavy atom. The zero-order valence-electron chi connectivity index (χ0n) is 10.0. The maximum absolute atomic E-state index is 11.1. The van der Waals surface area contributed by atoms with Crippen LogP contribution in [0.3, 0.4) is 0 Å². The van der Waals surface area contributed by atoms with Crippen LogP contribution in [-0.4, -0.2) is 31.3 Å². The van der Waals surface area contributed by atoms with E-state index < -0.39 is 0 Å². The molecule has 0 aromatic heterocycles. The highest BCUT2D eigenvalue weighted by atomic mass is 16.5. The van der Waals surface area contributed by atoms with E-state index in [1.165, 1.54) is 0 Å². The van der Waals surface area contributed by atoms with E-state index in [-0.39, 0.29) is 18.3 Å². The van der Waals surface area contributed by atoms with Crippen LogP contribution >= 0.6 is 0 Å².